The van der Waals surface area contributed by atoms with Crippen LogP contribution in [-0.2, 0) is 6.54 Å². The minimum atomic E-state index is 0.220. The van der Waals surface area contributed by atoms with E-state index in [4.69, 9.17) is 0 Å². The monoisotopic (exact) mass is 268 g/mol. The summed E-state index contributed by atoms with van der Waals surface area (Å²) in [5.74, 6) is 0.865. The molecule has 0 aliphatic rings. The Kier molecular flexibility index (Phi) is 6.12. The molecule has 102 valence electrons. The molecule has 0 spiro atoms. The number of guanidine groups is 1. The SMILES string of the molecule is CN=C(NCCn1cccc1)NCC(C)(C)SC. The number of hydrogen-bond acceptors (Lipinski definition) is 2. The first kappa shape index (κ1) is 15.0. The maximum absolute atomic E-state index is 4.22. The van der Waals surface area contributed by atoms with Crippen molar-refractivity contribution in [1.29, 1.82) is 0 Å². The molecule has 0 amide bonds. The third-order valence-electron chi connectivity index (χ3n) is 2.79. The molecule has 0 atom stereocenters. The summed E-state index contributed by atoms with van der Waals surface area (Å²) in [5.41, 5.74) is 0. The molecule has 0 aliphatic carbocycles. The minimum Gasteiger partial charge on any atom is -0.355 e. The Labute approximate surface area is 114 Å². The van der Waals surface area contributed by atoms with Gasteiger partial charge in [-0.2, -0.15) is 11.8 Å². The minimum absolute atomic E-state index is 0.220. The highest BCUT2D eigenvalue weighted by Gasteiger charge is 2.15. The summed E-state index contributed by atoms with van der Waals surface area (Å²) in [5, 5.41) is 6.66. The number of aliphatic imine (C=N–C) groups is 1. The van der Waals surface area contributed by atoms with Crippen molar-refractivity contribution in [2.45, 2.75) is 25.1 Å². The van der Waals surface area contributed by atoms with Crippen LogP contribution in [0.1, 0.15) is 13.8 Å². The highest BCUT2D eigenvalue weighted by atomic mass is 32.2. The molecular formula is C13H24N4S. The first-order chi connectivity index (χ1) is 8.57. The summed E-state index contributed by atoms with van der Waals surface area (Å²) in [6.07, 6.45) is 6.26. The lowest BCUT2D eigenvalue weighted by Gasteiger charge is -2.23. The molecule has 0 aliphatic heterocycles. The van der Waals surface area contributed by atoms with Crippen LogP contribution in [0.3, 0.4) is 0 Å². The molecule has 0 radical (unpaired) electrons. The summed E-state index contributed by atoms with van der Waals surface area (Å²) >= 11 is 1.85. The zero-order valence-corrected chi connectivity index (χ0v) is 12.5. The normalized spacial score (nSPS) is 12.6. The van der Waals surface area contributed by atoms with Gasteiger partial charge in [-0.15, -0.1) is 0 Å². The lowest BCUT2D eigenvalue weighted by Crippen LogP contribution is -2.44. The number of nitrogens with zero attached hydrogens (tertiary/aromatic N) is 2. The molecule has 0 aromatic carbocycles. The van der Waals surface area contributed by atoms with E-state index in [0.29, 0.717) is 0 Å². The maximum Gasteiger partial charge on any atom is 0.191 e. The number of aromatic nitrogens is 1. The Bertz CT molecular complexity index is 357. The van der Waals surface area contributed by atoms with Gasteiger partial charge < -0.3 is 15.2 Å². The lowest BCUT2D eigenvalue weighted by atomic mass is 10.2. The van der Waals surface area contributed by atoms with Crippen LogP contribution in [0.5, 0.6) is 0 Å². The van der Waals surface area contributed by atoms with E-state index >= 15 is 0 Å². The summed E-state index contributed by atoms with van der Waals surface area (Å²) < 4.78 is 2.37. The molecule has 1 rings (SSSR count). The van der Waals surface area contributed by atoms with E-state index in [0.717, 1.165) is 25.6 Å². The first-order valence-electron chi connectivity index (χ1n) is 6.18. The number of hydrogen-bond donors (Lipinski definition) is 2. The first-order valence-corrected chi connectivity index (χ1v) is 7.40. The van der Waals surface area contributed by atoms with E-state index in [2.05, 4.69) is 52.7 Å². The predicted octanol–water partition coefficient (Wildman–Crippen LogP) is 1.79. The van der Waals surface area contributed by atoms with Crippen molar-refractivity contribution in [2.24, 2.45) is 4.99 Å². The highest BCUT2D eigenvalue weighted by molar-refractivity contribution is 7.99. The quantitative estimate of drug-likeness (QED) is 0.610. The number of rotatable bonds is 6. The van der Waals surface area contributed by atoms with E-state index < -0.39 is 0 Å². The molecule has 5 heteroatoms. The van der Waals surface area contributed by atoms with Crippen LogP contribution < -0.4 is 10.6 Å². The van der Waals surface area contributed by atoms with Gasteiger partial charge in [0, 0.05) is 43.8 Å². The van der Waals surface area contributed by atoms with Gasteiger partial charge in [0.25, 0.3) is 0 Å². The van der Waals surface area contributed by atoms with Crippen LogP contribution in [-0.4, -0.2) is 41.7 Å². The van der Waals surface area contributed by atoms with Crippen LogP contribution in [0.2, 0.25) is 0 Å². The van der Waals surface area contributed by atoms with Crippen LogP contribution in [0.4, 0.5) is 0 Å². The summed E-state index contributed by atoms with van der Waals surface area (Å²) in [7, 11) is 1.80. The van der Waals surface area contributed by atoms with Gasteiger partial charge in [0.1, 0.15) is 0 Å². The zero-order valence-electron chi connectivity index (χ0n) is 11.7. The van der Waals surface area contributed by atoms with E-state index in [1.54, 1.807) is 7.05 Å². The number of nitrogens with one attached hydrogen (secondary N) is 2. The molecule has 1 aromatic rings. The molecule has 0 bridgehead atoms. The molecule has 2 N–H and O–H groups in total. The van der Waals surface area contributed by atoms with Gasteiger partial charge in [-0.05, 0) is 32.2 Å². The molecule has 0 unspecified atom stereocenters. The molecule has 18 heavy (non-hydrogen) atoms. The topological polar surface area (TPSA) is 41.4 Å². The van der Waals surface area contributed by atoms with Crippen LogP contribution in [0.25, 0.3) is 0 Å². The second-order valence-corrected chi connectivity index (χ2v) is 6.25. The summed E-state index contributed by atoms with van der Waals surface area (Å²) in [6.45, 7) is 7.15. The molecule has 1 heterocycles. The molecule has 0 saturated carbocycles. The maximum atomic E-state index is 4.22. The van der Waals surface area contributed by atoms with E-state index in [9.17, 15) is 0 Å². The van der Waals surface area contributed by atoms with Crippen molar-refractivity contribution in [3.63, 3.8) is 0 Å². The molecule has 0 saturated heterocycles. The van der Waals surface area contributed by atoms with Gasteiger partial charge in [0.05, 0.1) is 0 Å². The lowest BCUT2D eigenvalue weighted by molar-refractivity contribution is 0.640. The molecular weight excluding hydrogens is 244 g/mol. The zero-order chi connectivity index (χ0) is 13.4. The van der Waals surface area contributed by atoms with Gasteiger partial charge in [0.15, 0.2) is 5.96 Å². The Balaban J connectivity index is 2.26. The van der Waals surface area contributed by atoms with Crippen molar-refractivity contribution >= 4 is 17.7 Å². The van der Waals surface area contributed by atoms with Crippen molar-refractivity contribution < 1.29 is 0 Å². The highest BCUT2D eigenvalue weighted by Crippen LogP contribution is 2.19. The van der Waals surface area contributed by atoms with E-state index in [1.165, 1.54) is 0 Å². The van der Waals surface area contributed by atoms with E-state index in [1.807, 2.05) is 23.9 Å². The van der Waals surface area contributed by atoms with E-state index in [-0.39, 0.29) is 4.75 Å². The fourth-order valence-electron chi connectivity index (χ4n) is 1.41. The van der Waals surface area contributed by atoms with Crippen molar-refractivity contribution in [1.82, 2.24) is 15.2 Å². The third-order valence-corrected chi connectivity index (χ3v) is 4.04. The van der Waals surface area contributed by atoms with Crippen molar-refractivity contribution in [3.8, 4) is 0 Å². The van der Waals surface area contributed by atoms with Crippen molar-refractivity contribution in [2.75, 3.05) is 26.4 Å². The third kappa shape index (κ3) is 5.49. The molecule has 4 nitrogen and oxygen atoms in total. The van der Waals surface area contributed by atoms with Gasteiger partial charge in [-0.1, -0.05) is 0 Å². The van der Waals surface area contributed by atoms with Gasteiger partial charge in [0.2, 0.25) is 0 Å². The Morgan fingerprint density at radius 3 is 2.50 bits per heavy atom. The second-order valence-electron chi connectivity index (χ2n) is 4.74. The Morgan fingerprint density at radius 2 is 1.94 bits per heavy atom. The van der Waals surface area contributed by atoms with Crippen LogP contribution in [0, 0.1) is 0 Å². The average molecular weight is 268 g/mol. The van der Waals surface area contributed by atoms with Gasteiger partial charge in [-0.25, -0.2) is 0 Å². The van der Waals surface area contributed by atoms with Crippen LogP contribution in [0.15, 0.2) is 29.5 Å². The smallest absolute Gasteiger partial charge is 0.191 e. The largest absolute Gasteiger partial charge is 0.355 e. The Hall–Kier alpha value is -1.10. The van der Waals surface area contributed by atoms with Gasteiger partial charge >= 0.3 is 0 Å². The molecule has 0 fully saturated rings. The predicted molar refractivity (Wildman–Crippen MR) is 81.4 cm³/mol. The van der Waals surface area contributed by atoms with Crippen LogP contribution >= 0.6 is 11.8 Å². The number of thioether (sulfide) groups is 1. The fraction of sp³-hybridized carbons (Fsp3) is 0.615. The summed E-state index contributed by atoms with van der Waals surface area (Å²) in [6, 6.07) is 4.07. The van der Waals surface area contributed by atoms with Crippen molar-refractivity contribution in [3.05, 3.63) is 24.5 Å². The average Bonchev–Trinajstić information content (AvgIpc) is 2.86. The summed E-state index contributed by atoms with van der Waals surface area (Å²) in [4.78, 5) is 4.22. The van der Waals surface area contributed by atoms with Gasteiger partial charge in [-0.3, -0.25) is 4.99 Å². The Morgan fingerprint density at radius 1 is 1.28 bits per heavy atom. The standard InChI is InChI=1S/C13H24N4S/c1-13(2,18-4)11-16-12(14-3)15-7-10-17-8-5-6-9-17/h5-6,8-9H,7,10-11H2,1-4H3,(H2,14,15,16). The second kappa shape index (κ2) is 7.36. The fourth-order valence-corrected chi connectivity index (χ4v) is 1.63. The molecule has 1 aromatic heterocycles.